The molecule has 0 amide bonds. The fraction of sp³-hybridized carbons (Fsp3) is 0.250. The summed E-state index contributed by atoms with van der Waals surface area (Å²) in [6.45, 7) is 3.52. The Balaban J connectivity index is 1.68. The summed E-state index contributed by atoms with van der Waals surface area (Å²) in [5.74, 6) is 0. The number of hydrogen-bond donors (Lipinski definition) is 0. The highest BCUT2D eigenvalue weighted by Crippen LogP contribution is 2.34. The van der Waals surface area contributed by atoms with E-state index in [0.29, 0.717) is 6.04 Å². The topological polar surface area (TPSA) is 52.8 Å². The van der Waals surface area contributed by atoms with Crippen molar-refractivity contribution >= 4 is 21.6 Å². The van der Waals surface area contributed by atoms with Gasteiger partial charge < -0.3 is 4.74 Å². The van der Waals surface area contributed by atoms with Gasteiger partial charge in [0.1, 0.15) is 5.69 Å². The molecule has 0 unspecified atom stereocenters. The summed E-state index contributed by atoms with van der Waals surface area (Å²) in [5.41, 5.74) is 7.98. The Bertz CT molecular complexity index is 1080. The number of pyridine rings is 1. The second-order valence-electron chi connectivity index (χ2n) is 6.59. The molecular weight excluding hydrogens is 344 g/mol. The minimum Gasteiger partial charge on any atom is -0.379 e. The van der Waals surface area contributed by atoms with E-state index in [0.717, 1.165) is 53.4 Å². The predicted molar refractivity (Wildman–Crippen MR) is 103 cm³/mol. The van der Waals surface area contributed by atoms with Crippen molar-refractivity contribution in [1.29, 1.82) is 0 Å². The van der Waals surface area contributed by atoms with Crippen LogP contribution in [0.25, 0.3) is 32.7 Å². The van der Waals surface area contributed by atoms with Gasteiger partial charge in [0.05, 0.1) is 34.1 Å². The normalized spacial score (nSPS) is 17.2. The van der Waals surface area contributed by atoms with Gasteiger partial charge in [-0.3, -0.25) is 9.67 Å². The number of benzene rings is 1. The molecule has 130 valence electrons. The molecule has 4 aromatic rings. The van der Waals surface area contributed by atoms with Crippen molar-refractivity contribution in [3.63, 3.8) is 0 Å². The summed E-state index contributed by atoms with van der Waals surface area (Å²) in [7, 11) is 0. The van der Waals surface area contributed by atoms with Crippen LogP contribution in [0.5, 0.6) is 0 Å². The van der Waals surface area contributed by atoms with Gasteiger partial charge in [-0.25, -0.2) is 4.98 Å². The van der Waals surface area contributed by atoms with E-state index in [1.54, 1.807) is 11.3 Å². The van der Waals surface area contributed by atoms with Crippen molar-refractivity contribution in [2.24, 2.45) is 0 Å². The number of ether oxygens (including phenoxy) is 1. The monoisotopic (exact) mass is 362 g/mol. The van der Waals surface area contributed by atoms with Crippen molar-refractivity contribution < 1.29 is 4.74 Å². The smallest absolute Gasteiger partial charge is 0.119 e. The minimum absolute atomic E-state index is 0.291. The molecule has 1 aliphatic rings. The van der Waals surface area contributed by atoms with Crippen molar-refractivity contribution in [2.45, 2.75) is 19.4 Å². The molecule has 0 N–H and O–H groups in total. The standard InChI is InChI=1S/C20H18N4OS/c1-13-3-2-4-18(22-13)20-16(10-24(23-20)15-7-8-25-11-15)14-5-6-17-19(9-14)26-12-21-17/h2-6,9-10,12,15H,7-8,11H2,1H3/t15-/m0/s1. The third kappa shape index (κ3) is 2.71. The van der Waals surface area contributed by atoms with Crippen molar-refractivity contribution in [3.8, 4) is 22.5 Å². The van der Waals surface area contributed by atoms with E-state index in [1.165, 1.54) is 4.70 Å². The Morgan fingerprint density at radius 2 is 2.19 bits per heavy atom. The highest BCUT2D eigenvalue weighted by molar-refractivity contribution is 7.16. The minimum atomic E-state index is 0.291. The largest absolute Gasteiger partial charge is 0.379 e. The van der Waals surface area contributed by atoms with E-state index in [2.05, 4.69) is 34.1 Å². The van der Waals surface area contributed by atoms with Crippen LogP contribution in [0.2, 0.25) is 0 Å². The SMILES string of the molecule is Cc1cccc(-c2nn([C@H]3CCOC3)cc2-c2ccc3ncsc3c2)n1. The average Bonchev–Trinajstić information content (AvgIpc) is 3.39. The Hall–Kier alpha value is -2.57. The molecule has 0 radical (unpaired) electrons. The number of aryl methyl sites for hydroxylation is 1. The quantitative estimate of drug-likeness (QED) is 0.539. The third-order valence-electron chi connectivity index (χ3n) is 4.78. The third-order valence-corrected chi connectivity index (χ3v) is 5.58. The first kappa shape index (κ1) is 15.7. The molecule has 1 atom stereocenters. The van der Waals surface area contributed by atoms with Gasteiger partial charge >= 0.3 is 0 Å². The Morgan fingerprint density at radius 3 is 3.04 bits per heavy atom. The summed E-state index contributed by atoms with van der Waals surface area (Å²) in [6, 6.07) is 12.7. The van der Waals surface area contributed by atoms with E-state index in [9.17, 15) is 0 Å². The van der Waals surface area contributed by atoms with E-state index >= 15 is 0 Å². The molecule has 1 fully saturated rings. The van der Waals surface area contributed by atoms with Crippen molar-refractivity contribution in [2.75, 3.05) is 13.2 Å². The Kier molecular flexibility index (Phi) is 3.80. The van der Waals surface area contributed by atoms with E-state index in [1.807, 2.05) is 30.6 Å². The lowest BCUT2D eigenvalue weighted by atomic mass is 10.0. The van der Waals surface area contributed by atoms with Crippen LogP contribution in [-0.4, -0.2) is 33.0 Å². The molecule has 3 aromatic heterocycles. The van der Waals surface area contributed by atoms with Gasteiger partial charge in [0.25, 0.3) is 0 Å². The molecule has 26 heavy (non-hydrogen) atoms. The molecule has 5 nitrogen and oxygen atoms in total. The Morgan fingerprint density at radius 1 is 1.23 bits per heavy atom. The highest BCUT2D eigenvalue weighted by atomic mass is 32.1. The van der Waals surface area contributed by atoms with Gasteiger partial charge in [-0.15, -0.1) is 11.3 Å². The molecule has 4 heterocycles. The van der Waals surface area contributed by atoms with Crippen molar-refractivity contribution in [1.82, 2.24) is 19.7 Å². The van der Waals surface area contributed by atoms with Crippen LogP contribution in [0.4, 0.5) is 0 Å². The first-order chi connectivity index (χ1) is 12.8. The fourth-order valence-electron chi connectivity index (χ4n) is 3.41. The molecule has 0 spiro atoms. The maximum Gasteiger partial charge on any atom is 0.119 e. The molecule has 0 saturated carbocycles. The summed E-state index contributed by atoms with van der Waals surface area (Å²) in [6.07, 6.45) is 3.14. The van der Waals surface area contributed by atoms with Gasteiger partial charge in [0.2, 0.25) is 0 Å². The summed E-state index contributed by atoms with van der Waals surface area (Å²) >= 11 is 1.66. The number of thiazole rings is 1. The van der Waals surface area contributed by atoms with Crippen LogP contribution in [0, 0.1) is 6.92 Å². The molecule has 1 aliphatic heterocycles. The molecule has 6 heteroatoms. The van der Waals surface area contributed by atoms with Gasteiger partial charge in [0.15, 0.2) is 0 Å². The first-order valence-corrected chi connectivity index (χ1v) is 9.60. The molecule has 0 bridgehead atoms. The molecule has 5 rings (SSSR count). The molecule has 1 aromatic carbocycles. The zero-order chi connectivity index (χ0) is 17.5. The van der Waals surface area contributed by atoms with Gasteiger partial charge in [-0.1, -0.05) is 12.1 Å². The van der Waals surface area contributed by atoms with Gasteiger partial charge in [-0.05, 0) is 43.2 Å². The number of hydrogen-bond acceptors (Lipinski definition) is 5. The van der Waals surface area contributed by atoms with Crippen LogP contribution in [-0.2, 0) is 4.74 Å². The van der Waals surface area contributed by atoms with Gasteiger partial charge in [-0.2, -0.15) is 5.10 Å². The number of rotatable bonds is 3. The van der Waals surface area contributed by atoms with Crippen LogP contribution in [0.1, 0.15) is 18.2 Å². The molecule has 0 aliphatic carbocycles. The van der Waals surface area contributed by atoms with Crippen LogP contribution in [0.3, 0.4) is 0 Å². The first-order valence-electron chi connectivity index (χ1n) is 8.72. The predicted octanol–water partition coefficient (Wildman–Crippen LogP) is 4.49. The lowest BCUT2D eigenvalue weighted by molar-refractivity contribution is 0.184. The fourth-order valence-corrected chi connectivity index (χ4v) is 4.12. The summed E-state index contributed by atoms with van der Waals surface area (Å²) in [5, 5.41) is 4.91. The summed E-state index contributed by atoms with van der Waals surface area (Å²) in [4.78, 5) is 9.09. The summed E-state index contributed by atoms with van der Waals surface area (Å²) < 4.78 is 8.79. The lowest BCUT2D eigenvalue weighted by Gasteiger charge is -2.07. The van der Waals surface area contributed by atoms with Crippen LogP contribution in [0.15, 0.2) is 48.1 Å². The number of nitrogens with zero attached hydrogens (tertiary/aromatic N) is 4. The maximum atomic E-state index is 5.56. The number of fused-ring (bicyclic) bond motifs is 1. The zero-order valence-electron chi connectivity index (χ0n) is 14.4. The highest BCUT2D eigenvalue weighted by Gasteiger charge is 2.22. The second kappa shape index (κ2) is 6.30. The van der Waals surface area contributed by atoms with Crippen LogP contribution < -0.4 is 0 Å². The van der Waals surface area contributed by atoms with Crippen LogP contribution >= 0.6 is 11.3 Å². The van der Waals surface area contributed by atoms with E-state index < -0.39 is 0 Å². The van der Waals surface area contributed by atoms with E-state index in [-0.39, 0.29) is 0 Å². The molecular formula is C20H18N4OS. The lowest BCUT2D eigenvalue weighted by Crippen LogP contribution is -2.09. The van der Waals surface area contributed by atoms with Gasteiger partial charge in [0, 0.05) is 24.1 Å². The Labute approximate surface area is 155 Å². The average molecular weight is 362 g/mol. The number of aromatic nitrogens is 4. The van der Waals surface area contributed by atoms with E-state index in [4.69, 9.17) is 14.8 Å². The second-order valence-corrected chi connectivity index (χ2v) is 7.47. The van der Waals surface area contributed by atoms with Crippen molar-refractivity contribution in [3.05, 3.63) is 53.8 Å². The molecule has 1 saturated heterocycles. The maximum absolute atomic E-state index is 5.56. The zero-order valence-corrected chi connectivity index (χ0v) is 15.2.